The number of sulfone groups is 1. The van der Waals surface area contributed by atoms with Crippen molar-refractivity contribution in [2.24, 2.45) is 0 Å². The molecule has 19 heavy (non-hydrogen) atoms. The lowest BCUT2D eigenvalue weighted by atomic mass is 10.1. The van der Waals surface area contributed by atoms with E-state index in [2.05, 4.69) is 0 Å². The van der Waals surface area contributed by atoms with E-state index in [4.69, 9.17) is 4.74 Å². The van der Waals surface area contributed by atoms with Gasteiger partial charge in [0.15, 0.2) is 15.6 Å². The molecule has 0 saturated heterocycles. The molecule has 0 amide bonds. The average Bonchev–Trinajstić information content (AvgIpc) is 2.28. The van der Waals surface area contributed by atoms with Gasteiger partial charge in [-0.3, -0.25) is 4.79 Å². The highest BCUT2D eigenvalue weighted by Gasteiger charge is 2.31. The summed E-state index contributed by atoms with van der Waals surface area (Å²) in [6, 6.07) is 6.51. The summed E-state index contributed by atoms with van der Waals surface area (Å²) < 4.78 is 28.3. The number of hydrogen-bond donors (Lipinski definition) is 0. The molecular formula is C14H20O4S. The SMILES string of the molecule is CCOc1ccc(C(=O)CS(=O)(=O)C(C)(C)C)cc1. The number of Topliss-reactive ketones (excluding diaryl/α,β-unsaturated/α-hetero) is 1. The van der Waals surface area contributed by atoms with Crippen LogP contribution in [0.4, 0.5) is 0 Å². The van der Waals surface area contributed by atoms with Crippen LogP contribution in [0.15, 0.2) is 24.3 Å². The number of carbonyl (C=O) groups is 1. The molecule has 0 bridgehead atoms. The Kier molecular flexibility index (Phi) is 4.74. The van der Waals surface area contributed by atoms with Crippen LogP contribution in [-0.2, 0) is 9.84 Å². The van der Waals surface area contributed by atoms with Gasteiger partial charge < -0.3 is 4.74 Å². The van der Waals surface area contributed by atoms with Gasteiger partial charge in [-0.2, -0.15) is 0 Å². The van der Waals surface area contributed by atoms with E-state index in [1.165, 1.54) is 0 Å². The monoisotopic (exact) mass is 284 g/mol. The topological polar surface area (TPSA) is 60.4 Å². The zero-order valence-corrected chi connectivity index (χ0v) is 12.6. The Morgan fingerprint density at radius 3 is 2.11 bits per heavy atom. The summed E-state index contributed by atoms with van der Waals surface area (Å²) in [6.07, 6.45) is 0. The van der Waals surface area contributed by atoms with E-state index in [1.807, 2.05) is 6.92 Å². The van der Waals surface area contributed by atoms with Crippen LogP contribution in [0, 0.1) is 0 Å². The summed E-state index contributed by atoms with van der Waals surface area (Å²) in [5, 5.41) is 0. The fraction of sp³-hybridized carbons (Fsp3) is 0.500. The van der Waals surface area contributed by atoms with Gasteiger partial charge in [-0.15, -0.1) is 0 Å². The molecule has 0 radical (unpaired) electrons. The molecule has 0 unspecified atom stereocenters. The van der Waals surface area contributed by atoms with Crippen molar-refractivity contribution in [1.82, 2.24) is 0 Å². The van der Waals surface area contributed by atoms with Crippen molar-refractivity contribution in [2.75, 3.05) is 12.4 Å². The van der Waals surface area contributed by atoms with Gasteiger partial charge in [0.05, 0.1) is 11.4 Å². The van der Waals surface area contributed by atoms with Crippen LogP contribution >= 0.6 is 0 Å². The van der Waals surface area contributed by atoms with Crippen molar-refractivity contribution < 1.29 is 17.9 Å². The number of rotatable bonds is 5. The van der Waals surface area contributed by atoms with Crippen molar-refractivity contribution in [1.29, 1.82) is 0 Å². The Labute approximate surface area is 114 Å². The highest BCUT2D eigenvalue weighted by molar-refractivity contribution is 7.93. The molecule has 1 rings (SSSR count). The molecule has 5 heteroatoms. The molecule has 0 aliphatic carbocycles. The Morgan fingerprint density at radius 2 is 1.68 bits per heavy atom. The fourth-order valence-electron chi connectivity index (χ4n) is 1.38. The van der Waals surface area contributed by atoms with Crippen molar-refractivity contribution in [3.8, 4) is 5.75 Å². The van der Waals surface area contributed by atoms with Crippen molar-refractivity contribution in [2.45, 2.75) is 32.4 Å². The van der Waals surface area contributed by atoms with Gasteiger partial charge in [-0.25, -0.2) is 8.42 Å². The molecule has 1 aromatic rings. The summed E-state index contributed by atoms with van der Waals surface area (Å²) in [4.78, 5) is 12.0. The lowest BCUT2D eigenvalue weighted by molar-refractivity contribution is 0.102. The van der Waals surface area contributed by atoms with Gasteiger partial charge in [-0.05, 0) is 52.0 Å². The third-order valence-electron chi connectivity index (χ3n) is 2.74. The second-order valence-corrected chi connectivity index (χ2v) is 7.99. The quantitative estimate of drug-likeness (QED) is 0.779. The van der Waals surface area contributed by atoms with E-state index in [1.54, 1.807) is 45.0 Å². The molecule has 0 aliphatic rings. The van der Waals surface area contributed by atoms with Gasteiger partial charge in [0, 0.05) is 5.56 Å². The maximum atomic E-state index is 12.0. The first-order chi connectivity index (χ1) is 8.67. The van der Waals surface area contributed by atoms with Crippen LogP contribution in [0.25, 0.3) is 0 Å². The molecule has 0 atom stereocenters. The molecule has 4 nitrogen and oxygen atoms in total. The minimum absolute atomic E-state index is 0.385. The third kappa shape index (κ3) is 4.06. The molecule has 106 valence electrons. The number of ketones is 1. The smallest absolute Gasteiger partial charge is 0.177 e. The minimum Gasteiger partial charge on any atom is -0.494 e. The zero-order valence-electron chi connectivity index (χ0n) is 11.8. The Bertz CT molecular complexity index is 536. The molecule has 1 aromatic carbocycles. The lowest BCUT2D eigenvalue weighted by Crippen LogP contribution is -2.33. The maximum Gasteiger partial charge on any atom is 0.177 e. The van der Waals surface area contributed by atoms with E-state index in [0.717, 1.165) is 0 Å². The minimum atomic E-state index is -3.45. The normalized spacial score (nSPS) is 12.2. The molecular weight excluding hydrogens is 264 g/mol. The average molecular weight is 284 g/mol. The molecule has 0 fully saturated rings. The number of ether oxygens (including phenoxy) is 1. The first-order valence-corrected chi connectivity index (χ1v) is 7.81. The number of benzene rings is 1. The first kappa shape index (κ1) is 15.7. The van der Waals surface area contributed by atoms with Crippen molar-refractivity contribution in [3.63, 3.8) is 0 Å². The fourth-order valence-corrected chi connectivity index (χ4v) is 2.32. The van der Waals surface area contributed by atoms with Crippen LogP contribution < -0.4 is 4.74 Å². The highest BCUT2D eigenvalue weighted by atomic mass is 32.2. The molecule has 0 aliphatic heterocycles. The van der Waals surface area contributed by atoms with Crippen LogP contribution in [0.3, 0.4) is 0 Å². The molecule has 0 heterocycles. The Balaban J connectivity index is 2.85. The van der Waals surface area contributed by atoms with Gasteiger partial charge in [0.25, 0.3) is 0 Å². The zero-order chi connectivity index (χ0) is 14.7. The van der Waals surface area contributed by atoms with Crippen LogP contribution in [0.1, 0.15) is 38.1 Å². The van der Waals surface area contributed by atoms with Gasteiger partial charge in [-0.1, -0.05) is 0 Å². The standard InChI is InChI=1S/C14H20O4S/c1-5-18-12-8-6-11(7-9-12)13(15)10-19(16,17)14(2,3)4/h6-9H,5,10H2,1-4H3. The largest absolute Gasteiger partial charge is 0.494 e. The van der Waals surface area contributed by atoms with Crippen LogP contribution in [0.5, 0.6) is 5.75 Å². The summed E-state index contributed by atoms with van der Waals surface area (Å²) in [5.41, 5.74) is 0.385. The van der Waals surface area contributed by atoms with Gasteiger partial charge in [0.1, 0.15) is 11.5 Å². The summed E-state index contributed by atoms with van der Waals surface area (Å²) in [7, 11) is -3.45. The predicted octanol–water partition coefficient (Wildman–Crippen LogP) is 2.48. The molecule has 0 saturated carbocycles. The van der Waals surface area contributed by atoms with E-state index in [-0.39, 0.29) is 0 Å². The lowest BCUT2D eigenvalue weighted by Gasteiger charge is -2.18. The molecule has 0 aromatic heterocycles. The maximum absolute atomic E-state index is 12.0. The van der Waals surface area contributed by atoms with E-state index in [9.17, 15) is 13.2 Å². The van der Waals surface area contributed by atoms with Crippen LogP contribution in [-0.4, -0.2) is 31.3 Å². The second kappa shape index (κ2) is 5.74. The first-order valence-electron chi connectivity index (χ1n) is 6.16. The Hall–Kier alpha value is -1.36. The van der Waals surface area contributed by atoms with Crippen LogP contribution in [0.2, 0.25) is 0 Å². The summed E-state index contributed by atoms with van der Waals surface area (Å²) >= 11 is 0. The Morgan fingerprint density at radius 1 is 1.16 bits per heavy atom. The van der Waals surface area contributed by atoms with E-state index in [0.29, 0.717) is 17.9 Å². The number of carbonyl (C=O) groups excluding carboxylic acids is 1. The predicted molar refractivity (Wildman–Crippen MR) is 75.5 cm³/mol. The van der Waals surface area contributed by atoms with Crippen molar-refractivity contribution in [3.05, 3.63) is 29.8 Å². The second-order valence-electron chi connectivity index (χ2n) is 5.25. The summed E-state index contributed by atoms with van der Waals surface area (Å²) in [5.74, 6) is -0.194. The molecule has 0 N–H and O–H groups in total. The summed E-state index contributed by atoms with van der Waals surface area (Å²) in [6.45, 7) is 7.19. The van der Waals surface area contributed by atoms with Gasteiger partial charge >= 0.3 is 0 Å². The number of hydrogen-bond acceptors (Lipinski definition) is 4. The van der Waals surface area contributed by atoms with E-state index >= 15 is 0 Å². The van der Waals surface area contributed by atoms with Gasteiger partial charge in [0.2, 0.25) is 0 Å². The highest BCUT2D eigenvalue weighted by Crippen LogP contribution is 2.18. The third-order valence-corrected chi connectivity index (χ3v) is 5.25. The molecule has 0 spiro atoms. The van der Waals surface area contributed by atoms with Crippen molar-refractivity contribution >= 4 is 15.6 Å². The van der Waals surface area contributed by atoms with E-state index < -0.39 is 26.1 Å².